The Bertz CT molecular complexity index is 645. The molecule has 136 valence electrons. The molecule has 0 radical (unpaired) electrons. The van der Waals surface area contributed by atoms with Crippen molar-refractivity contribution >= 4 is 29.4 Å². The average Bonchev–Trinajstić information content (AvgIpc) is 2.56. The van der Waals surface area contributed by atoms with E-state index >= 15 is 0 Å². The largest absolute Gasteiger partial charge is 0.469 e. The van der Waals surface area contributed by atoms with E-state index in [0.717, 1.165) is 0 Å². The SMILES string of the molecule is COC(=O)CCN(CCNC(C)=O)C(=O)c1cccc(NC(C)=O)c1. The first-order chi connectivity index (χ1) is 11.8. The molecule has 25 heavy (non-hydrogen) atoms. The molecule has 0 saturated carbocycles. The predicted molar refractivity (Wildman–Crippen MR) is 92.0 cm³/mol. The number of esters is 1. The van der Waals surface area contributed by atoms with Crippen LogP contribution in [-0.2, 0) is 19.1 Å². The van der Waals surface area contributed by atoms with Crippen LogP contribution in [0.15, 0.2) is 24.3 Å². The minimum Gasteiger partial charge on any atom is -0.469 e. The van der Waals surface area contributed by atoms with Crippen LogP contribution in [0, 0.1) is 0 Å². The molecule has 0 aromatic heterocycles. The molecule has 8 nitrogen and oxygen atoms in total. The summed E-state index contributed by atoms with van der Waals surface area (Å²) in [4.78, 5) is 47.7. The molecular weight excluding hydrogens is 326 g/mol. The van der Waals surface area contributed by atoms with Gasteiger partial charge in [0.25, 0.3) is 5.91 Å². The van der Waals surface area contributed by atoms with Gasteiger partial charge in [-0.1, -0.05) is 6.07 Å². The van der Waals surface area contributed by atoms with Crippen LogP contribution in [0.2, 0.25) is 0 Å². The van der Waals surface area contributed by atoms with Crippen molar-refractivity contribution in [3.63, 3.8) is 0 Å². The molecule has 1 aromatic rings. The molecule has 3 amide bonds. The van der Waals surface area contributed by atoms with Gasteiger partial charge in [-0.05, 0) is 18.2 Å². The van der Waals surface area contributed by atoms with Gasteiger partial charge in [0.1, 0.15) is 0 Å². The normalized spacial score (nSPS) is 9.88. The molecule has 0 aliphatic heterocycles. The van der Waals surface area contributed by atoms with Crippen LogP contribution in [0.4, 0.5) is 5.69 Å². The van der Waals surface area contributed by atoms with Crippen LogP contribution < -0.4 is 10.6 Å². The third kappa shape index (κ3) is 7.47. The van der Waals surface area contributed by atoms with Crippen LogP contribution in [0.3, 0.4) is 0 Å². The van der Waals surface area contributed by atoms with Crippen molar-refractivity contribution < 1.29 is 23.9 Å². The third-order valence-corrected chi connectivity index (χ3v) is 3.29. The number of rotatable bonds is 8. The summed E-state index contributed by atoms with van der Waals surface area (Å²) in [5.41, 5.74) is 0.882. The molecule has 0 spiro atoms. The Kier molecular flexibility index (Phi) is 8.11. The number of hydrogen-bond acceptors (Lipinski definition) is 5. The molecule has 8 heteroatoms. The molecular formula is C17H23N3O5. The Morgan fingerprint density at radius 2 is 1.80 bits per heavy atom. The second kappa shape index (κ2) is 10.1. The monoisotopic (exact) mass is 349 g/mol. The van der Waals surface area contributed by atoms with Gasteiger partial charge in [0, 0.05) is 44.7 Å². The zero-order chi connectivity index (χ0) is 18.8. The maximum absolute atomic E-state index is 12.7. The van der Waals surface area contributed by atoms with E-state index in [1.165, 1.54) is 25.9 Å². The lowest BCUT2D eigenvalue weighted by Gasteiger charge is -2.22. The Morgan fingerprint density at radius 1 is 1.08 bits per heavy atom. The van der Waals surface area contributed by atoms with Crippen LogP contribution in [0.25, 0.3) is 0 Å². The van der Waals surface area contributed by atoms with E-state index in [4.69, 9.17) is 0 Å². The number of methoxy groups -OCH3 is 1. The number of benzene rings is 1. The van der Waals surface area contributed by atoms with E-state index < -0.39 is 5.97 Å². The van der Waals surface area contributed by atoms with Crippen molar-refractivity contribution in [1.82, 2.24) is 10.2 Å². The molecule has 0 heterocycles. The number of hydrogen-bond donors (Lipinski definition) is 2. The molecule has 0 bridgehead atoms. The molecule has 0 saturated heterocycles. The lowest BCUT2D eigenvalue weighted by Crippen LogP contribution is -2.39. The first-order valence-electron chi connectivity index (χ1n) is 7.81. The van der Waals surface area contributed by atoms with Crippen molar-refractivity contribution in [3.05, 3.63) is 29.8 Å². The Labute approximate surface area is 146 Å². The van der Waals surface area contributed by atoms with Crippen molar-refractivity contribution in [2.75, 3.05) is 32.1 Å². The van der Waals surface area contributed by atoms with Gasteiger partial charge < -0.3 is 20.3 Å². The van der Waals surface area contributed by atoms with Crippen LogP contribution in [0.5, 0.6) is 0 Å². The van der Waals surface area contributed by atoms with Gasteiger partial charge in [0.15, 0.2) is 0 Å². The molecule has 1 rings (SSSR count). The zero-order valence-electron chi connectivity index (χ0n) is 14.6. The van der Waals surface area contributed by atoms with E-state index in [0.29, 0.717) is 11.3 Å². The van der Waals surface area contributed by atoms with Gasteiger partial charge >= 0.3 is 5.97 Å². The average molecular weight is 349 g/mol. The van der Waals surface area contributed by atoms with Gasteiger partial charge in [0.05, 0.1) is 13.5 Å². The third-order valence-electron chi connectivity index (χ3n) is 3.29. The minimum atomic E-state index is -0.427. The fourth-order valence-electron chi connectivity index (χ4n) is 2.13. The number of ether oxygens (including phenoxy) is 1. The van der Waals surface area contributed by atoms with Gasteiger partial charge in [0.2, 0.25) is 11.8 Å². The molecule has 1 aromatic carbocycles. The number of nitrogens with one attached hydrogen (secondary N) is 2. The maximum atomic E-state index is 12.7. The second-order valence-electron chi connectivity index (χ2n) is 5.36. The van der Waals surface area contributed by atoms with Crippen molar-refractivity contribution in [3.8, 4) is 0 Å². The summed E-state index contributed by atoms with van der Waals surface area (Å²) in [6.45, 7) is 3.45. The highest BCUT2D eigenvalue weighted by Gasteiger charge is 2.17. The highest BCUT2D eigenvalue weighted by molar-refractivity contribution is 5.97. The van der Waals surface area contributed by atoms with Gasteiger partial charge in [-0.25, -0.2) is 0 Å². The Balaban J connectivity index is 2.86. The number of anilines is 1. The fourth-order valence-corrected chi connectivity index (χ4v) is 2.13. The number of nitrogens with zero attached hydrogens (tertiary/aromatic N) is 1. The zero-order valence-corrected chi connectivity index (χ0v) is 14.6. The van der Waals surface area contributed by atoms with E-state index in [2.05, 4.69) is 15.4 Å². The summed E-state index contributed by atoms with van der Waals surface area (Å²) >= 11 is 0. The first-order valence-corrected chi connectivity index (χ1v) is 7.81. The summed E-state index contributed by atoms with van der Waals surface area (Å²) < 4.78 is 4.60. The van der Waals surface area contributed by atoms with Crippen molar-refractivity contribution in [1.29, 1.82) is 0 Å². The smallest absolute Gasteiger partial charge is 0.307 e. The van der Waals surface area contributed by atoms with Crippen molar-refractivity contribution in [2.45, 2.75) is 20.3 Å². The van der Waals surface area contributed by atoms with Crippen molar-refractivity contribution in [2.24, 2.45) is 0 Å². The lowest BCUT2D eigenvalue weighted by atomic mass is 10.1. The van der Waals surface area contributed by atoms with Crippen LogP contribution in [-0.4, -0.2) is 55.3 Å². The summed E-state index contributed by atoms with van der Waals surface area (Å²) in [7, 11) is 1.28. The van der Waals surface area contributed by atoms with E-state index in [1.54, 1.807) is 24.3 Å². The molecule has 0 unspecified atom stereocenters. The Hall–Kier alpha value is -2.90. The summed E-state index contributed by atoms with van der Waals surface area (Å²) in [5.74, 6) is -1.17. The minimum absolute atomic E-state index is 0.0493. The van der Waals surface area contributed by atoms with Gasteiger partial charge in [-0.2, -0.15) is 0 Å². The fraction of sp³-hybridized carbons (Fsp3) is 0.412. The Morgan fingerprint density at radius 3 is 2.40 bits per heavy atom. The number of amides is 3. The number of carbonyl (C=O) groups is 4. The highest BCUT2D eigenvalue weighted by atomic mass is 16.5. The standard InChI is InChI=1S/C17H23N3O5/c1-12(21)18-8-10-20(9-7-16(23)25-3)17(24)14-5-4-6-15(11-14)19-13(2)22/h4-6,11H,7-10H2,1-3H3,(H,18,21)(H,19,22). The highest BCUT2D eigenvalue weighted by Crippen LogP contribution is 2.13. The van der Waals surface area contributed by atoms with Crippen LogP contribution in [0.1, 0.15) is 30.6 Å². The lowest BCUT2D eigenvalue weighted by molar-refractivity contribution is -0.140. The summed E-state index contributed by atoms with van der Waals surface area (Å²) in [5, 5.41) is 5.23. The van der Waals surface area contributed by atoms with Gasteiger partial charge in [-0.15, -0.1) is 0 Å². The topological polar surface area (TPSA) is 105 Å². The quantitative estimate of drug-likeness (QED) is 0.675. The van der Waals surface area contributed by atoms with Crippen LogP contribution >= 0.6 is 0 Å². The molecule has 2 N–H and O–H groups in total. The number of carbonyl (C=O) groups excluding carboxylic acids is 4. The van der Waals surface area contributed by atoms with E-state index in [9.17, 15) is 19.2 Å². The van der Waals surface area contributed by atoms with E-state index in [-0.39, 0.29) is 43.8 Å². The summed E-state index contributed by atoms with van der Waals surface area (Å²) in [6, 6.07) is 6.52. The summed E-state index contributed by atoms with van der Waals surface area (Å²) in [6.07, 6.45) is 0.0493. The first kappa shape index (κ1) is 20.1. The maximum Gasteiger partial charge on any atom is 0.307 e. The molecule has 0 fully saturated rings. The molecule has 0 atom stereocenters. The van der Waals surface area contributed by atoms with Gasteiger partial charge in [-0.3, -0.25) is 19.2 Å². The molecule has 0 aliphatic carbocycles. The molecule has 0 aliphatic rings. The van der Waals surface area contributed by atoms with E-state index in [1.807, 2.05) is 0 Å². The second-order valence-corrected chi connectivity index (χ2v) is 5.36. The predicted octanol–water partition coefficient (Wildman–Crippen LogP) is 0.786.